The largest absolute Gasteiger partial charge is 0.326 e. The highest BCUT2D eigenvalue weighted by Crippen LogP contribution is 2.14. The van der Waals surface area contributed by atoms with Gasteiger partial charge in [-0.25, -0.2) is 0 Å². The number of hydrogen-bond acceptors (Lipinski definition) is 2. The van der Waals surface area contributed by atoms with Crippen LogP contribution in [0.1, 0.15) is 20.3 Å². The number of piperidine rings is 1. The third kappa shape index (κ3) is 2.28. The molecule has 3 heteroatoms. The first-order valence-electron chi connectivity index (χ1n) is 4.25. The molecule has 3 nitrogen and oxygen atoms in total. The summed E-state index contributed by atoms with van der Waals surface area (Å²) in [4.78, 5) is 22.7. The number of amides is 1. The normalized spacial score (nSPS) is 21.2. The number of ketones is 1. The highest BCUT2D eigenvalue weighted by molar-refractivity contribution is 6.22. The van der Waals surface area contributed by atoms with Crippen LogP contribution >= 0.6 is 0 Å². The number of rotatable bonds is 1. The van der Waals surface area contributed by atoms with Gasteiger partial charge in [0.25, 0.3) is 5.91 Å². The van der Waals surface area contributed by atoms with Gasteiger partial charge < -0.3 is 5.32 Å². The Kier molecular flexibility index (Phi) is 2.66. The number of allylic oxidation sites excluding steroid dienone is 2. The number of hydrogen-bond donors (Lipinski definition) is 1. The van der Waals surface area contributed by atoms with Crippen molar-refractivity contribution in [2.75, 3.05) is 0 Å². The molecule has 1 rings (SSSR count). The van der Waals surface area contributed by atoms with Crippen LogP contribution in [0.2, 0.25) is 0 Å². The topological polar surface area (TPSA) is 46.2 Å². The van der Waals surface area contributed by atoms with E-state index in [0.29, 0.717) is 5.70 Å². The van der Waals surface area contributed by atoms with Crippen molar-refractivity contribution in [2.24, 2.45) is 5.92 Å². The van der Waals surface area contributed by atoms with Crippen LogP contribution in [0.25, 0.3) is 0 Å². The molecule has 13 heavy (non-hydrogen) atoms. The van der Waals surface area contributed by atoms with Crippen LogP contribution in [0.4, 0.5) is 0 Å². The first kappa shape index (κ1) is 9.71. The minimum absolute atomic E-state index is 0.137. The Morgan fingerprint density at radius 3 is 2.54 bits per heavy atom. The van der Waals surface area contributed by atoms with Crippen molar-refractivity contribution in [1.29, 1.82) is 0 Å². The summed E-state index contributed by atoms with van der Waals surface area (Å²) in [7, 11) is 0. The predicted octanol–water partition coefficient (Wildman–Crippen LogP) is 1.17. The molecule has 0 bridgehead atoms. The Labute approximate surface area is 77.5 Å². The van der Waals surface area contributed by atoms with E-state index in [1.807, 2.05) is 13.8 Å². The van der Waals surface area contributed by atoms with E-state index in [1.54, 1.807) is 6.08 Å². The van der Waals surface area contributed by atoms with Crippen molar-refractivity contribution in [3.05, 3.63) is 23.9 Å². The van der Waals surface area contributed by atoms with Gasteiger partial charge in [0.2, 0.25) is 0 Å². The van der Waals surface area contributed by atoms with Gasteiger partial charge in [0, 0.05) is 5.70 Å². The summed E-state index contributed by atoms with van der Waals surface area (Å²) in [5.41, 5.74) is 0.748. The van der Waals surface area contributed by atoms with E-state index >= 15 is 0 Å². The molecule has 1 aliphatic rings. The molecule has 1 saturated heterocycles. The fraction of sp³-hybridized carbons (Fsp3) is 0.400. The first-order valence-corrected chi connectivity index (χ1v) is 4.25. The monoisotopic (exact) mass is 179 g/mol. The summed E-state index contributed by atoms with van der Waals surface area (Å²) in [5.74, 6) is -0.256. The van der Waals surface area contributed by atoms with Gasteiger partial charge in [-0.15, -0.1) is 0 Å². The van der Waals surface area contributed by atoms with Crippen molar-refractivity contribution in [3.8, 4) is 0 Å². The molecule has 0 unspecified atom stereocenters. The van der Waals surface area contributed by atoms with E-state index in [0.717, 1.165) is 0 Å². The molecule has 0 aromatic heterocycles. The second kappa shape index (κ2) is 3.56. The molecule has 0 aromatic rings. The second-order valence-corrected chi connectivity index (χ2v) is 3.48. The van der Waals surface area contributed by atoms with Crippen LogP contribution in [0.5, 0.6) is 0 Å². The lowest BCUT2D eigenvalue weighted by atomic mass is 9.98. The van der Waals surface area contributed by atoms with Crippen LogP contribution in [0.15, 0.2) is 23.9 Å². The van der Waals surface area contributed by atoms with E-state index < -0.39 is 0 Å². The van der Waals surface area contributed by atoms with Gasteiger partial charge in [-0.1, -0.05) is 26.5 Å². The Morgan fingerprint density at radius 2 is 2.08 bits per heavy atom. The second-order valence-electron chi connectivity index (χ2n) is 3.48. The lowest BCUT2D eigenvalue weighted by Gasteiger charge is -2.16. The fourth-order valence-corrected chi connectivity index (χ4v) is 1.19. The molecule has 1 N–H and O–H groups in total. The van der Waals surface area contributed by atoms with Crippen LogP contribution < -0.4 is 5.32 Å². The molecule has 0 saturated carbocycles. The van der Waals surface area contributed by atoms with Gasteiger partial charge in [-0.2, -0.15) is 0 Å². The molecule has 1 fully saturated rings. The van der Waals surface area contributed by atoms with E-state index in [2.05, 4.69) is 11.9 Å². The Bertz CT molecular complexity index is 278. The highest BCUT2D eigenvalue weighted by atomic mass is 16.2. The van der Waals surface area contributed by atoms with E-state index in [-0.39, 0.29) is 29.6 Å². The van der Waals surface area contributed by atoms with E-state index in [4.69, 9.17) is 0 Å². The number of carbonyl (C=O) groups excluding carboxylic acids is 2. The zero-order valence-electron chi connectivity index (χ0n) is 7.89. The minimum atomic E-state index is -0.324. The number of nitrogens with one attached hydrogen (secondary N) is 1. The molecule has 70 valence electrons. The van der Waals surface area contributed by atoms with Crippen LogP contribution in [0, 0.1) is 5.92 Å². The van der Waals surface area contributed by atoms with Crippen LogP contribution in [-0.4, -0.2) is 11.7 Å². The van der Waals surface area contributed by atoms with Crippen molar-refractivity contribution >= 4 is 11.7 Å². The lowest BCUT2D eigenvalue weighted by molar-refractivity contribution is -0.123. The van der Waals surface area contributed by atoms with Crippen LogP contribution in [-0.2, 0) is 9.59 Å². The molecule has 0 radical (unpaired) electrons. The summed E-state index contributed by atoms with van der Waals surface area (Å²) >= 11 is 0. The zero-order valence-corrected chi connectivity index (χ0v) is 7.89. The SMILES string of the molecule is C=C1CC(=O)/C(=C\C(C)C)C(=O)N1. The summed E-state index contributed by atoms with van der Waals surface area (Å²) in [6.07, 6.45) is 1.91. The van der Waals surface area contributed by atoms with Gasteiger partial charge in [0.15, 0.2) is 5.78 Å². The van der Waals surface area contributed by atoms with Crippen LogP contribution in [0.3, 0.4) is 0 Å². The molecule has 0 aromatic carbocycles. The van der Waals surface area contributed by atoms with E-state index in [1.165, 1.54) is 0 Å². The highest BCUT2D eigenvalue weighted by Gasteiger charge is 2.24. The third-order valence-corrected chi connectivity index (χ3v) is 1.71. The predicted molar refractivity (Wildman–Crippen MR) is 49.8 cm³/mol. The van der Waals surface area contributed by atoms with Crippen molar-refractivity contribution in [3.63, 3.8) is 0 Å². The molecule has 1 heterocycles. The molecule has 1 amide bonds. The lowest BCUT2D eigenvalue weighted by Crippen LogP contribution is -2.34. The Morgan fingerprint density at radius 1 is 1.46 bits per heavy atom. The van der Waals surface area contributed by atoms with Gasteiger partial charge in [0.05, 0.1) is 12.0 Å². The first-order chi connectivity index (χ1) is 6.00. The molecular formula is C10H13NO2. The van der Waals surface area contributed by atoms with Gasteiger partial charge in [-0.3, -0.25) is 9.59 Å². The summed E-state index contributed by atoms with van der Waals surface area (Å²) in [6.45, 7) is 7.40. The molecule has 1 aliphatic heterocycles. The van der Waals surface area contributed by atoms with Gasteiger partial charge >= 0.3 is 0 Å². The van der Waals surface area contributed by atoms with Crippen molar-refractivity contribution in [2.45, 2.75) is 20.3 Å². The quantitative estimate of drug-likeness (QED) is 0.485. The molecule has 0 atom stereocenters. The van der Waals surface area contributed by atoms with Gasteiger partial charge in [-0.05, 0) is 5.92 Å². The maximum absolute atomic E-state index is 11.4. The van der Waals surface area contributed by atoms with Crippen molar-refractivity contribution < 1.29 is 9.59 Å². The molecule has 0 aliphatic carbocycles. The maximum Gasteiger partial charge on any atom is 0.258 e. The summed E-state index contributed by atoms with van der Waals surface area (Å²) in [5, 5.41) is 2.54. The standard InChI is InChI=1S/C10H13NO2/c1-6(2)4-8-9(12)5-7(3)11-10(8)13/h4,6H,3,5H2,1-2H3,(H,11,13)/b8-4+. The number of carbonyl (C=O) groups is 2. The fourth-order valence-electron chi connectivity index (χ4n) is 1.19. The average molecular weight is 179 g/mol. The maximum atomic E-state index is 11.4. The minimum Gasteiger partial charge on any atom is -0.326 e. The number of Topliss-reactive ketones (excluding diaryl/α,β-unsaturated/α-hetero) is 1. The van der Waals surface area contributed by atoms with E-state index in [9.17, 15) is 9.59 Å². The summed E-state index contributed by atoms with van der Waals surface area (Å²) in [6, 6.07) is 0. The Balaban J connectivity index is 2.91. The molecular weight excluding hydrogens is 166 g/mol. The smallest absolute Gasteiger partial charge is 0.258 e. The summed E-state index contributed by atoms with van der Waals surface area (Å²) < 4.78 is 0. The Hall–Kier alpha value is -1.38. The zero-order chi connectivity index (χ0) is 10.0. The third-order valence-electron chi connectivity index (χ3n) is 1.71. The average Bonchev–Trinajstić information content (AvgIpc) is 1.96. The molecule has 0 spiro atoms. The van der Waals surface area contributed by atoms with Crippen molar-refractivity contribution in [1.82, 2.24) is 5.32 Å². The van der Waals surface area contributed by atoms with Gasteiger partial charge in [0.1, 0.15) is 0 Å².